The number of fused-ring (bicyclic) bond motifs is 3. The average molecular weight is 473 g/mol. The van der Waals surface area contributed by atoms with Crippen LogP contribution in [0, 0.1) is 0 Å². The molecule has 2 heterocycles. The topological polar surface area (TPSA) is 129 Å². The smallest absolute Gasteiger partial charge is 0.412 e. The Morgan fingerprint density at radius 1 is 1.00 bits per heavy atom. The minimum atomic E-state index is -1.97. The molecule has 1 aromatic heterocycles. The molecule has 1 aliphatic carbocycles. The highest BCUT2D eigenvalue weighted by molar-refractivity contribution is 5.94. The summed E-state index contributed by atoms with van der Waals surface area (Å²) >= 11 is 0. The van der Waals surface area contributed by atoms with E-state index in [1.807, 2.05) is 36.4 Å². The number of hydrogen-bond donors (Lipinski definition) is 3. The number of aliphatic hydroxyl groups is 1. The van der Waals surface area contributed by atoms with Crippen molar-refractivity contribution in [3.05, 3.63) is 83.6 Å². The number of nitrogens with one attached hydrogen (secondary N) is 1. The average Bonchev–Trinajstić information content (AvgIpc) is 3.42. The Hall–Kier alpha value is -4.24. The van der Waals surface area contributed by atoms with Crippen LogP contribution in [0.4, 0.5) is 10.6 Å². The molecule has 1 aliphatic heterocycles. The fourth-order valence-corrected chi connectivity index (χ4v) is 4.67. The van der Waals surface area contributed by atoms with Crippen molar-refractivity contribution >= 4 is 23.8 Å². The highest BCUT2D eigenvalue weighted by Crippen LogP contribution is 2.44. The summed E-state index contributed by atoms with van der Waals surface area (Å²) in [6, 6.07) is 20.6. The highest BCUT2D eigenvalue weighted by Gasteiger charge is 2.45. The number of hydrogen-bond acceptors (Lipinski definition) is 6. The van der Waals surface area contributed by atoms with Crippen LogP contribution in [0.15, 0.2) is 66.7 Å². The molecule has 0 spiro atoms. The van der Waals surface area contributed by atoms with Gasteiger partial charge in [-0.3, -0.25) is 10.1 Å². The standard InChI is InChI=1S/C26H23N3O6/c30-23(29-13-12-26(34,15-29)24(31)32)21-10-5-11-22(27-21)28-25(33)35-14-20-18-8-3-1-6-16(18)17-7-2-4-9-19(17)20/h1-11,20,34H,12-15H2,(H,31,32)(H,27,28,33). The predicted molar refractivity (Wildman–Crippen MR) is 126 cm³/mol. The summed E-state index contributed by atoms with van der Waals surface area (Å²) in [6.07, 6.45) is -0.767. The third-order valence-corrected chi connectivity index (χ3v) is 6.48. The first-order chi connectivity index (χ1) is 16.9. The number of amides is 2. The van der Waals surface area contributed by atoms with E-state index in [9.17, 15) is 19.5 Å². The van der Waals surface area contributed by atoms with Crippen molar-refractivity contribution in [2.75, 3.05) is 25.0 Å². The van der Waals surface area contributed by atoms with E-state index in [1.54, 1.807) is 6.07 Å². The molecule has 3 N–H and O–H groups in total. The quantitative estimate of drug-likeness (QED) is 0.519. The molecular formula is C26H23N3O6. The number of nitrogens with zero attached hydrogens (tertiary/aromatic N) is 2. The van der Waals surface area contributed by atoms with Gasteiger partial charge in [-0.05, 0) is 34.4 Å². The number of anilines is 1. The van der Waals surface area contributed by atoms with Gasteiger partial charge in [0.1, 0.15) is 18.1 Å². The van der Waals surface area contributed by atoms with Gasteiger partial charge in [-0.15, -0.1) is 0 Å². The first kappa shape index (κ1) is 22.5. The molecule has 5 rings (SSSR count). The number of ether oxygens (including phenoxy) is 1. The fourth-order valence-electron chi connectivity index (χ4n) is 4.67. The van der Waals surface area contributed by atoms with E-state index >= 15 is 0 Å². The predicted octanol–water partition coefficient (Wildman–Crippen LogP) is 3.10. The van der Waals surface area contributed by atoms with Gasteiger partial charge < -0.3 is 19.8 Å². The highest BCUT2D eigenvalue weighted by atomic mass is 16.5. The Kier molecular flexibility index (Phi) is 5.70. The lowest BCUT2D eigenvalue weighted by Gasteiger charge is -2.19. The van der Waals surface area contributed by atoms with Crippen molar-refractivity contribution in [3.8, 4) is 11.1 Å². The first-order valence-electron chi connectivity index (χ1n) is 11.2. The molecule has 35 heavy (non-hydrogen) atoms. The van der Waals surface area contributed by atoms with Crippen molar-refractivity contribution in [2.24, 2.45) is 0 Å². The Morgan fingerprint density at radius 2 is 1.66 bits per heavy atom. The number of benzene rings is 2. The lowest BCUT2D eigenvalue weighted by molar-refractivity contribution is -0.156. The minimum Gasteiger partial charge on any atom is -0.479 e. The van der Waals surface area contributed by atoms with E-state index in [0.29, 0.717) is 0 Å². The van der Waals surface area contributed by atoms with Crippen LogP contribution in [0.1, 0.15) is 34.0 Å². The molecule has 2 aromatic carbocycles. The zero-order valence-corrected chi connectivity index (χ0v) is 18.7. The number of aromatic nitrogens is 1. The van der Waals surface area contributed by atoms with Crippen molar-refractivity contribution < 1.29 is 29.3 Å². The van der Waals surface area contributed by atoms with E-state index in [1.165, 1.54) is 17.0 Å². The molecule has 0 radical (unpaired) electrons. The molecule has 178 valence electrons. The Balaban J connectivity index is 1.24. The van der Waals surface area contributed by atoms with Crippen molar-refractivity contribution in [1.82, 2.24) is 9.88 Å². The molecular weight excluding hydrogens is 450 g/mol. The molecule has 2 amide bonds. The summed E-state index contributed by atoms with van der Waals surface area (Å²) < 4.78 is 5.51. The van der Waals surface area contributed by atoms with Gasteiger partial charge in [0.15, 0.2) is 5.60 Å². The van der Waals surface area contributed by atoms with Crippen LogP contribution in [0.25, 0.3) is 11.1 Å². The number of likely N-dealkylation sites (tertiary alicyclic amines) is 1. The van der Waals surface area contributed by atoms with Gasteiger partial charge in [-0.1, -0.05) is 54.6 Å². The van der Waals surface area contributed by atoms with Gasteiger partial charge in [0.2, 0.25) is 0 Å². The third-order valence-electron chi connectivity index (χ3n) is 6.48. The van der Waals surface area contributed by atoms with Crippen molar-refractivity contribution in [2.45, 2.75) is 17.9 Å². The first-order valence-corrected chi connectivity index (χ1v) is 11.2. The van der Waals surface area contributed by atoms with E-state index in [4.69, 9.17) is 9.84 Å². The summed E-state index contributed by atoms with van der Waals surface area (Å²) in [6.45, 7) is -0.0970. The van der Waals surface area contributed by atoms with E-state index in [2.05, 4.69) is 22.4 Å². The third kappa shape index (κ3) is 4.22. The van der Waals surface area contributed by atoms with Crippen LogP contribution >= 0.6 is 0 Å². The van der Waals surface area contributed by atoms with Crippen LogP contribution < -0.4 is 5.32 Å². The van der Waals surface area contributed by atoms with Crippen molar-refractivity contribution in [1.29, 1.82) is 0 Å². The SMILES string of the molecule is O=C(Nc1cccc(C(=O)N2CCC(O)(C(=O)O)C2)n1)OCC1c2ccccc2-c2ccccc21. The molecule has 3 aromatic rings. The monoisotopic (exact) mass is 473 g/mol. The number of β-amino-alcohol motifs (C(OH)–C–C–N with tert-alkyl or cyclic N) is 1. The Morgan fingerprint density at radius 3 is 2.29 bits per heavy atom. The maximum Gasteiger partial charge on any atom is 0.412 e. The molecule has 1 fully saturated rings. The lowest BCUT2D eigenvalue weighted by atomic mass is 9.98. The van der Waals surface area contributed by atoms with Gasteiger partial charge in [0.05, 0.1) is 6.54 Å². The van der Waals surface area contributed by atoms with Crippen LogP contribution in [0.5, 0.6) is 0 Å². The van der Waals surface area contributed by atoms with Gasteiger partial charge in [0, 0.05) is 18.9 Å². The number of aliphatic carboxylic acids is 1. The molecule has 1 saturated heterocycles. The van der Waals surface area contributed by atoms with Crippen LogP contribution in [-0.4, -0.2) is 63.4 Å². The number of carboxylic acid groups (broad SMARTS) is 1. The second-order valence-corrected chi connectivity index (χ2v) is 8.67. The Labute approximate surface area is 201 Å². The molecule has 0 bridgehead atoms. The van der Waals surface area contributed by atoms with Gasteiger partial charge >= 0.3 is 12.1 Å². The maximum absolute atomic E-state index is 12.7. The molecule has 9 nitrogen and oxygen atoms in total. The second kappa shape index (κ2) is 8.84. The fraction of sp³-hybridized carbons (Fsp3) is 0.231. The number of carbonyl (C=O) groups is 3. The summed E-state index contributed by atoms with van der Waals surface area (Å²) in [7, 11) is 0. The number of carboxylic acids is 1. The van der Waals surface area contributed by atoms with Crippen molar-refractivity contribution in [3.63, 3.8) is 0 Å². The summed E-state index contributed by atoms with van der Waals surface area (Å²) in [5.74, 6) is -1.86. The van der Waals surface area contributed by atoms with E-state index in [-0.39, 0.29) is 43.5 Å². The molecule has 9 heteroatoms. The van der Waals surface area contributed by atoms with Gasteiger partial charge in [0.25, 0.3) is 5.91 Å². The van der Waals surface area contributed by atoms with Crippen LogP contribution in [-0.2, 0) is 9.53 Å². The second-order valence-electron chi connectivity index (χ2n) is 8.67. The normalized spacial score (nSPS) is 18.6. The number of rotatable bonds is 5. The van der Waals surface area contributed by atoms with Crippen LogP contribution in [0.2, 0.25) is 0 Å². The Bertz CT molecular complexity index is 1280. The molecule has 2 aliphatic rings. The number of carbonyl (C=O) groups excluding carboxylic acids is 2. The summed E-state index contributed by atoms with van der Waals surface area (Å²) in [5, 5.41) is 21.8. The zero-order chi connectivity index (χ0) is 24.6. The van der Waals surface area contributed by atoms with E-state index in [0.717, 1.165) is 22.3 Å². The summed E-state index contributed by atoms with van der Waals surface area (Å²) in [5.41, 5.74) is 2.50. The summed E-state index contributed by atoms with van der Waals surface area (Å²) in [4.78, 5) is 41.9. The van der Waals surface area contributed by atoms with Crippen LogP contribution in [0.3, 0.4) is 0 Å². The zero-order valence-electron chi connectivity index (χ0n) is 18.7. The minimum absolute atomic E-state index is 0.0242. The maximum atomic E-state index is 12.7. The number of pyridine rings is 1. The molecule has 0 saturated carbocycles. The lowest BCUT2D eigenvalue weighted by Crippen LogP contribution is -2.42. The largest absolute Gasteiger partial charge is 0.479 e. The van der Waals surface area contributed by atoms with Gasteiger partial charge in [-0.25, -0.2) is 14.6 Å². The van der Waals surface area contributed by atoms with Gasteiger partial charge in [-0.2, -0.15) is 0 Å². The van der Waals surface area contributed by atoms with E-state index < -0.39 is 23.6 Å². The molecule has 1 unspecified atom stereocenters. The molecule has 1 atom stereocenters.